The summed E-state index contributed by atoms with van der Waals surface area (Å²) in [5.41, 5.74) is 3.74. The SMILES string of the molecule is Cc1ncc(NC(=O)c2cnnc(CC#N)c2)cc1-c1cnc(OCC(F)F)c(N2CCOCC2)c1. The van der Waals surface area contributed by atoms with Gasteiger partial charge >= 0.3 is 0 Å². The Labute approximate surface area is 205 Å². The van der Waals surface area contributed by atoms with Crippen molar-refractivity contribution in [1.82, 2.24) is 20.2 Å². The minimum atomic E-state index is -2.62. The third kappa shape index (κ3) is 6.05. The van der Waals surface area contributed by atoms with E-state index in [0.717, 1.165) is 0 Å². The zero-order chi connectivity index (χ0) is 25.5. The van der Waals surface area contributed by atoms with Crippen LogP contribution in [0, 0.1) is 18.3 Å². The highest BCUT2D eigenvalue weighted by molar-refractivity contribution is 6.04. The van der Waals surface area contributed by atoms with E-state index in [1.54, 1.807) is 6.07 Å². The number of carbonyl (C=O) groups excluding carboxylic acids is 1. The van der Waals surface area contributed by atoms with E-state index in [1.807, 2.05) is 24.0 Å². The monoisotopic (exact) mass is 495 g/mol. The van der Waals surface area contributed by atoms with Crippen LogP contribution in [0.3, 0.4) is 0 Å². The fraction of sp³-hybridized carbons (Fsp3) is 0.333. The number of rotatable bonds is 8. The summed E-state index contributed by atoms with van der Waals surface area (Å²) >= 11 is 0. The molecule has 1 amide bonds. The number of aryl methyl sites for hydroxylation is 1. The Morgan fingerprint density at radius 1 is 1.22 bits per heavy atom. The number of amides is 1. The molecule has 0 atom stereocenters. The number of nitrogens with one attached hydrogen (secondary N) is 1. The van der Waals surface area contributed by atoms with Gasteiger partial charge in [-0.25, -0.2) is 13.8 Å². The third-order valence-electron chi connectivity index (χ3n) is 5.41. The number of alkyl halides is 2. The van der Waals surface area contributed by atoms with Crippen LogP contribution < -0.4 is 15.0 Å². The van der Waals surface area contributed by atoms with Crippen LogP contribution in [0.4, 0.5) is 20.2 Å². The van der Waals surface area contributed by atoms with E-state index in [2.05, 4.69) is 25.5 Å². The molecule has 0 unspecified atom stereocenters. The average Bonchev–Trinajstić information content (AvgIpc) is 2.89. The number of morpholine rings is 1. The van der Waals surface area contributed by atoms with E-state index < -0.39 is 18.9 Å². The van der Waals surface area contributed by atoms with Gasteiger partial charge in [0.15, 0.2) is 6.61 Å². The molecule has 1 aliphatic rings. The van der Waals surface area contributed by atoms with Crippen molar-refractivity contribution in [3.8, 4) is 23.1 Å². The smallest absolute Gasteiger partial charge is 0.272 e. The number of hydrogen-bond acceptors (Lipinski definition) is 9. The van der Waals surface area contributed by atoms with Crippen LogP contribution in [-0.2, 0) is 11.2 Å². The number of carbonyl (C=O) groups is 1. The highest BCUT2D eigenvalue weighted by Gasteiger charge is 2.20. The van der Waals surface area contributed by atoms with Gasteiger partial charge < -0.3 is 19.7 Å². The molecule has 0 aliphatic carbocycles. The van der Waals surface area contributed by atoms with E-state index in [4.69, 9.17) is 14.7 Å². The van der Waals surface area contributed by atoms with Crippen LogP contribution in [0.15, 0.2) is 36.8 Å². The lowest BCUT2D eigenvalue weighted by molar-refractivity contribution is 0.0793. The van der Waals surface area contributed by atoms with Crippen molar-refractivity contribution < 1.29 is 23.0 Å². The van der Waals surface area contributed by atoms with Gasteiger partial charge in [-0.05, 0) is 25.1 Å². The maximum absolute atomic E-state index is 12.8. The van der Waals surface area contributed by atoms with Gasteiger partial charge in [0, 0.05) is 36.1 Å². The molecule has 1 saturated heterocycles. The Hall–Kier alpha value is -4.24. The molecule has 1 fully saturated rings. The lowest BCUT2D eigenvalue weighted by Gasteiger charge is -2.30. The first-order chi connectivity index (χ1) is 17.4. The van der Waals surface area contributed by atoms with Crippen LogP contribution in [0.5, 0.6) is 5.88 Å². The summed E-state index contributed by atoms with van der Waals surface area (Å²) in [5.74, 6) is -0.307. The van der Waals surface area contributed by atoms with Crippen LogP contribution in [0.25, 0.3) is 11.1 Å². The fourth-order valence-electron chi connectivity index (χ4n) is 3.67. The minimum Gasteiger partial charge on any atom is -0.470 e. The predicted octanol–water partition coefficient (Wildman–Crippen LogP) is 3.04. The van der Waals surface area contributed by atoms with Crippen molar-refractivity contribution in [2.24, 2.45) is 0 Å². The number of halogens is 2. The van der Waals surface area contributed by atoms with Crippen molar-refractivity contribution in [3.05, 3.63) is 53.7 Å². The van der Waals surface area contributed by atoms with Crippen molar-refractivity contribution >= 4 is 17.3 Å². The zero-order valence-electron chi connectivity index (χ0n) is 19.4. The Morgan fingerprint density at radius 2 is 2.03 bits per heavy atom. The van der Waals surface area contributed by atoms with E-state index in [0.29, 0.717) is 60.2 Å². The first kappa shape index (κ1) is 24.9. The Bertz CT molecular complexity index is 1280. The van der Waals surface area contributed by atoms with Gasteiger partial charge in [-0.2, -0.15) is 15.5 Å². The number of hydrogen-bond donors (Lipinski definition) is 1. The summed E-state index contributed by atoms with van der Waals surface area (Å²) < 4.78 is 36.2. The maximum Gasteiger partial charge on any atom is 0.272 e. The number of pyridine rings is 2. The molecule has 3 aromatic heterocycles. The number of nitriles is 1. The second-order valence-corrected chi connectivity index (χ2v) is 7.93. The average molecular weight is 495 g/mol. The predicted molar refractivity (Wildman–Crippen MR) is 126 cm³/mol. The zero-order valence-corrected chi connectivity index (χ0v) is 19.4. The molecule has 0 radical (unpaired) electrons. The maximum atomic E-state index is 12.8. The first-order valence-corrected chi connectivity index (χ1v) is 11.1. The van der Waals surface area contributed by atoms with E-state index in [1.165, 1.54) is 24.7 Å². The van der Waals surface area contributed by atoms with Gasteiger partial charge in [0.1, 0.15) is 5.69 Å². The molecule has 12 heteroatoms. The van der Waals surface area contributed by atoms with E-state index >= 15 is 0 Å². The summed E-state index contributed by atoms with van der Waals surface area (Å²) in [4.78, 5) is 23.4. The Balaban J connectivity index is 1.62. The molecular weight excluding hydrogens is 472 g/mol. The second-order valence-electron chi connectivity index (χ2n) is 7.93. The largest absolute Gasteiger partial charge is 0.470 e. The Morgan fingerprint density at radius 3 is 2.78 bits per heavy atom. The van der Waals surface area contributed by atoms with Crippen LogP contribution in [0.1, 0.15) is 21.7 Å². The summed E-state index contributed by atoms with van der Waals surface area (Å²) in [6.45, 7) is 3.19. The van der Waals surface area contributed by atoms with Crippen LogP contribution >= 0.6 is 0 Å². The molecule has 0 spiro atoms. The summed E-state index contributed by atoms with van der Waals surface area (Å²) in [6, 6.07) is 7.05. The second kappa shape index (κ2) is 11.5. The fourth-order valence-corrected chi connectivity index (χ4v) is 3.67. The number of ether oxygens (including phenoxy) is 2. The molecule has 1 N–H and O–H groups in total. The highest BCUT2D eigenvalue weighted by Crippen LogP contribution is 2.34. The topological polar surface area (TPSA) is 126 Å². The van der Waals surface area contributed by atoms with E-state index in [-0.39, 0.29) is 17.9 Å². The molecule has 4 heterocycles. The molecule has 4 rings (SSSR count). The molecule has 36 heavy (non-hydrogen) atoms. The molecule has 10 nitrogen and oxygen atoms in total. The molecule has 0 bridgehead atoms. The molecule has 1 aliphatic heterocycles. The van der Waals surface area contributed by atoms with Crippen molar-refractivity contribution in [3.63, 3.8) is 0 Å². The third-order valence-corrected chi connectivity index (χ3v) is 5.41. The summed E-state index contributed by atoms with van der Waals surface area (Å²) in [5, 5.41) is 19.2. The van der Waals surface area contributed by atoms with Crippen LogP contribution in [-0.4, -0.2) is 65.4 Å². The van der Waals surface area contributed by atoms with E-state index in [9.17, 15) is 13.6 Å². The molecule has 0 aromatic carbocycles. The highest BCUT2D eigenvalue weighted by atomic mass is 19.3. The quantitative estimate of drug-likeness (QED) is 0.502. The normalized spacial score (nSPS) is 13.4. The molecule has 186 valence electrons. The molecule has 0 saturated carbocycles. The lowest BCUT2D eigenvalue weighted by Crippen LogP contribution is -2.36. The molecular formula is C24H23F2N7O3. The number of nitrogens with zero attached hydrogens (tertiary/aromatic N) is 6. The molecule has 3 aromatic rings. The number of anilines is 2. The standard InChI is InChI=1S/C24H23F2N7O3/c1-15-20(10-19(13-28-15)31-23(34)17-8-18(2-3-27)32-30-12-17)16-9-21(33-4-6-35-7-5-33)24(29-11-16)36-14-22(25)26/h8-13,22H,2,4-7,14H2,1H3,(H,31,34). The number of aromatic nitrogens is 4. The van der Waals surface area contributed by atoms with Gasteiger partial charge in [0.25, 0.3) is 12.3 Å². The van der Waals surface area contributed by atoms with Gasteiger partial charge in [-0.3, -0.25) is 9.78 Å². The first-order valence-electron chi connectivity index (χ1n) is 11.1. The van der Waals surface area contributed by atoms with Crippen molar-refractivity contribution in [1.29, 1.82) is 5.26 Å². The van der Waals surface area contributed by atoms with Crippen molar-refractivity contribution in [2.45, 2.75) is 19.8 Å². The van der Waals surface area contributed by atoms with Crippen LogP contribution in [0.2, 0.25) is 0 Å². The van der Waals surface area contributed by atoms with Gasteiger partial charge in [0.05, 0.1) is 55.0 Å². The summed E-state index contributed by atoms with van der Waals surface area (Å²) in [7, 11) is 0. The minimum absolute atomic E-state index is 0.0415. The lowest BCUT2D eigenvalue weighted by atomic mass is 10.0. The van der Waals surface area contributed by atoms with Gasteiger partial charge in [-0.15, -0.1) is 0 Å². The van der Waals surface area contributed by atoms with Crippen molar-refractivity contribution in [2.75, 3.05) is 43.1 Å². The van der Waals surface area contributed by atoms with Gasteiger partial charge in [0.2, 0.25) is 5.88 Å². The van der Waals surface area contributed by atoms with Gasteiger partial charge in [-0.1, -0.05) is 0 Å². The summed E-state index contributed by atoms with van der Waals surface area (Å²) in [6.07, 6.45) is 1.79. The Kier molecular flexibility index (Phi) is 7.92.